The number of amides is 1. The van der Waals surface area contributed by atoms with E-state index in [2.05, 4.69) is 10.4 Å². The third-order valence-corrected chi connectivity index (χ3v) is 4.94. The Kier molecular flexibility index (Phi) is 5.06. The highest BCUT2D eigenvalue weighted by molar-refractivity contribution is 6.07. The first-order valence-corrected chi connectivity index (χ1v) is 9.66. The summed E-state index contributed by atoms with van der Waals surface area (Å²) < 4.78 is 3.66. The van der Waals surface area contributed by atoms with Crippen molar-refractivity contribution in [3.8, 4) is 11.5 Å². The maximum absolute atomic E-state index is 13.2. The van der Waals surface area contributed by atoms with E-state index in [1.807, 2.05) is 67.2 Å². The number of carbonyl (C=O) groups is 2. The lowest BCUT2D eigenvalue weighted by Crippen LogP contribution is -2.16. The molecule has 4 rings (SSSR count). The maximum Gasteiger partial charge on any atom is 0.261 e. The van der Waals surface area contributed by atoms with Crippen LogP contribution >= 0.6 is 0 Å². The maximum atomic E-state index is 13.2. The van der Waals surface area contributed by atoms with Gasteiger partial charge in [-0.05, 0) is 69.3 Å². The molecule has 0 saturated heterocycles. The second-order valence-electron chi connectivity index (χ2n) is 7.21. The number of rotatable bonds is 5. The standard InChI is InChI=1S/C24H22N4O2/c1-16-6-12-21(13-7-16)28-24(27-14-4-5-15-27)22(17(2)26-28)23(30)25-20-10-8-19(9-11-20)18(3)29/h4-15H,1-3H3,(H,25,30). The summed E-state index contributed by atoms with van der Waals surface area (Å²) in [5.41, 5.74) is 4.35. The van der Waals surface area contributed by atoms with Crippen molar-refractivity contribution in [1.82, 2.24) is 14.3 Å². The molecule has 1 amide bonds. The molecule has 0 bridgehead atoms. The monoisotopic (exact) mass is 398 g/mol. The molecule has 0 aliphatic carbocycles. The Morgan fingerprint density at radius 2 is 1.53 bits per heavy atom. The van der Waals surface area contributed by atoms with Crippen LogP contribution in [0.25, 0.3) is 11.5 Å². The van der Waals surface area contributed by atoms with Gasteiger partial charge in [-0.3, -0.25) is 9.59 Å². The van der Waals surface area contributed by atoms with Crippen LogP contribution < -0.4 is 5.32 Å². The quantitative estimate of drug-likeness (QED) is 0.494. The molecule has 6 heteroatoms. The molecule has 0 unspecified atom stereocenters. The van der Waals surface area contributed by atoms with E-state index in [0.29, 0.717) is 28.3 Å². The first-order chi connectivity index (χ1) is 14.4. The van der Waals surface area contributed by atoms with Crippen LogP contribution in [-0.4, -0.2) is 26.0 Å². The Morgan fingerprint density at radius 1 is 0.900 bits per heavy atom. The highest BCUT2D eigenvalue weighted by Crippen LogP contribution is 2.24. The highest BCUT2D eigenvalue weighted by Gasteiger charge is 2.23. The Morgan fingerprint density at radius 3 is 2.13 bits per heavy atom. The van der Waals surface area contributed by atoms with Crippen LogP contribution in [0.2, 0.25) is 0 Å². The predicted molar refractivity (Wildman–Crippen MR) is 117 cm³/mol. The van der Waals surface area contributed by atoms with Gasteiger partial charge in [0.15, 0.2) is 11.6 Å². The van der Waals surface area contributed by atoms with Crippen LogP contribution in [0.4, 0.5) is 5.69 Å². The Labute approximate surface area is 174 Å². The van der Waals surface area contributed by atoms with Gasteiger partial charge in [-0.25, -0.2) is 4.68 Å². The van der Waals surface area contributed by atoms with Gasteiger partial charge in [-0.2, -0.15) is 5.10 Å². The fourth-order valence-corrected chi connectivity index (χ4v) is 3.34. The van der Waals surface area contributed by atoms with Gasteiger partial charge in [0.25, 0.3) is 5.91 Å². The number of anilines is 1. The summed E-state index contributed by atoms with van der Waals surface area (Å²) in [6, 6.07) is 18.7. The smallest absolute Gasteiger partial charge is 0.261 e. The zero-order valence-corrected chi connectivity index (χ0v) is 17.1. The Bertz CT molecular complexity index is 1200. The predicted octanol–water partition coefficient (Wildman–Crippen LogP) is 4.73. The van der Waals surface area contributed by atoms with Crippen molar-refractivity contribution in [2.24, 2.45) is 0 Å². The summed E-state index contributed by atoms with van der Waals surface area (Å²) in [6.07, 6.45) is 3.78. The van der Waals surface area contributed by atoms with Gasteiger partial charge in [-0.15, -0.1) is 0 Å². The van der Waals surface area contributed by atoms with E-state index in [1.165, 1.54) is 6.92 Å². The van der Waals surface area contributed by atoms with Crippen LogP contribution in [0.1, 0.15) is 38.9 Å². The Hall–Kier alpha value is -3.93. The van der Waals surface area contributed by atoms with Crippen LogP contribution in [0.15, 0.2) is 73.1 Å². The summed E-state index contributed by atoms with van der Waals surface area (Å²) in [6.45, 7) is 5.37. The van der Waals surface area contributed by atoms with Crippen LogP contribution in [-0.2, 0) is 0 Å². The molecule has 150 valence electrons. The van der Waals surface area contributed by atoms with E-state index >= 15 is 0 Å². The molecule has 0 saturated carbocycles. The molecule has 1 N–H and O–H groups in total. The van der Waals surface area contributed by atoms with Crippen LogP contribution in [0.3, 0.4) is 0 Å². The minimum atomic E-state index is -0.259. The van der Waals surface area contributed by atoms with Crippen LogP contribution in [0, 0.1) is 13.8 Å². The lowest BCUT2D eigenvalue weighted by atomic mass is 10.1. The molecular weight excluding hydrogens is 376 g/mol. The molecule has 2 aromatic heterocycles. The molecule has 30 heavy (non-hydrogen) atoms. The van der Waals surface area contributed by atoms with E-state index in [9.17, 15) is 9.59 Å². The number of hydrogen-bond acceptors (Lipinski definition) is 3. The van der Waals surface area contributed by atoms with Crippen molar-refractivity contribution >= 4 is 17.4 Å². The van der Waals surface area contributed by atoms with E-state index in [0.717, 1.165) is 11.3 Å². The largest absolute Gasteiger partial charge is 0.322 e. The number of ketones is 1. The first kappa shape index (κ1) is 19.4. The third-order valence-electron chi connectivity index (χ3n) is 4.94. The second-order valence-corrected chi connectivity index (χ2v) is 7.21. The van der Waals surface area contributed by atoms with Crippen molar-refractivity contribution in [3.63, 3.8) is 0 Å². The topological polar surface area (TPSA) is 68.9 Å². The van der Waals surface area contributed by atoms with Crippen molar-refractivity contribution in [1.29, 1.82) is 0 Å². The zero-order chi connectivity index (χ0) is 21.3. The van der Waals surface area contributed by atoms with Crippen molar-refractivity contribution in [2.45, 2.75) is 20.8 Å². The SMILES string of the molecule is CC(=O)c1ccc(NC(=O)c2c(C)nn(-c3ccc(C)cc3)c2-n2cccc2)cc1. The fraction of sp³-hybridized carbons (Fsp3) is 0.125. The van der Waals surface area contributed by atoms with Crippen molar-refractivity contribution < 1.29 is 9.59 Å². The zero-order valence-electron chi connectivity index (χ0n) is 17.1. The number of benzene rings is 2. The van der Waals surface area contributed by atoms with E-state index in [4.69, 9.17) is 0 Å². The van der Waals surface area contributed by atoms with Crippen molar-refractivity contribution in [2.75, 3.05) is 5.32 Å². The molecule has 2 aromatic carbocycles. The number of aromatic nitrogens is 3. The number of nitrogens with one attached hydrogen (secondary N) is 1. The van der Waals surface area contributed by atoms with Gasteiger partial charge in [0.05, 0.1) is 11.4 Å². The molecule has 0 spiro atoms. The van der Waals surface area contributed by atoms with Crippen LogP contribution in [0.5, 0.6) is 0 Å². The molecule has 0 atom stereocenters. The summed E-state index contributed by atoms with van der Waals surface area (Å²) in [7, 11) is 0. The molecular formula is C24H22N4O2. The number of carbonyl (C=O) groups excluding carboxylic acids is 2. The number of aryl methyl sites for hydroxylation is 2. The molecule has 6 nitrogen and oxygen atoms in total. The molecule has 0 radical (unpaired) electrons. The summed E-state index contributed by atoms with van der Waals surface area (Å²) in [5, 5.41) is 7.58. The number of Topliss-reactive ketones (excluding diaryl/α,β-unsaturated/α-hetero) is 1. The second kappa shape index (κ2) is 7.83. The Balaban J connectivity index is 1.76. The third kappa shape index (κ3) is 3.67. The number of hydrogen-bond donors (Lipinski definition) is 1. The number of nitrogens with zero attached hydrogens (tertiary/aromatic N) is 3. The molecule has 4 aromatic rings. The van der Waals surface area contributed by atoms with E-state index in [1.54, 1.807) is 28.9 Å². The van der Waals surface area contributed by atoms with Gasteiger partial charge >= 0.3 is 0 Å². The minimum Gasteiger partial charge on any atom is -0.322 e. The van der Waals surface area contributed by atoms with Gasteiger partial charge in [0, 0.05) is 23.6 Å². The van der Waals surface area contributed by atoms with E-state index in [-0.39, 0.29) is 11.7 Å². The average molecular weight is 398 g/mol. The summed E-state index contributed by atoms with van der Waals surface area (Å²) >= 11 is 0. The molecule has 0 aliphatic rings. The minimum absolute atomic E-state index is 0.0158. The molecule has 0 aliphatic heterocycles. The normalized spacial score (nSPS) is 10.8. The molecule has 0 fully saturated rings. The van der Waals surface area contributed by atoms with Crippen molar-refractivity contribution in [3.05, 3.63) is 95.4 Å². The van der Waals surface area contributed by atoms with Gasteiger partial charge in [0.1, 0.15) is 5.56 Å². The van der Waals surface area contributed by atoms with E-state index < -0.39 is 0 Å². The lowest BCUT2D eigenvalue weighted by Gasteiger charge is -2.12. The first-order valence-electron chi connectivity index (χ1n) is 9.66. The lowest BCUT2D eigenvalue weighted by molar-refractivity contribution is 0.101. The summed E-state index contributed by atoms with van der Waals surface area (Å²) in [4.78, 5) is 24.7. The van der Waals surface area contributed by atoms with Gasteiger partial charge in [0.2, 0.25) is 0 Å². The van der Waals surface area contributed by atoms with Gasteiger partial charge < -0.3 is 9.88 Å². The fourth-order valence-electron chi connectivity index (χ4n) is 3.34. The summed E-state index contributed by atoms with van der Waals surface area (Å²) in [5.74, 6) is 0.391. The molecule has 2 heterocycles. The average Bonchev–Trinajstić information content (AvgIpc) is 3.36. The van der Waals surface area contributed by atoms with Gasteiger partial charge in [-0.1, -0.05) is 17.7 Å². The highest BCUT2D eigenvalue weighted by atomic mass is 16.1.